The molecule has 0 unspecified atom stereocenters. The summed E-state index contributed by atoms with van der Waals surface area (Å²) >= 11 is 5.18. The highest BCUT2D eigenvalue weighted by Gasteiger charge is 2.27. The summed E-state index contributed by atoms with van der Waals surface area (Å²) in [6.45, 7) is 2.11. The Morgan fingerprint density at radius 1 is 0.970 bits per heavy atom. The van der Waals surface area contributed by atoms with E-state index in [0.717, 1.165) is 32.3 Å². The zero-order valence-corrected chi connectivity index (χ0v) is 21.6. The Kier molecular flexibility index (Phi) is 9.41. The number of sulfonamides is 1. The Balaban J connectivity index is 1.59. The van der Waals surface area contributed by atoms with E-state index in [2.05, 4.69) is 33.4 Å². The monoisotopic (exact) mass is 546 g/mol. The lowest BCUT2D eigenvalue weighted by Gasteiger charge is -2.24. The summed E-state index contributed by atoms with van der Waals surface area (Å²) in [5, 5.41) is 2.86. The molecule has 3 aromatic carbocycles. The van der Waals surface area contributed by atoms with Crippen LogP contribution in [0, 0.1) is 6.92 Å². The predicted octanol–water partition coefficient (Wildman–Crippen LogP) is 5.39. The molecule has 3 aromatic rings. The number of carbonyl (C=O) groups excluding carboxylic acids is 1. The van der Waals surface area contributed by atoms with Crippen LogP contribution in [0.2, 0.25) is 0 Å². The van der Waals surface area contributed by atoms with Crippen molar-refractivity contribution in [3.63, 3.8) is 0 Å². The molecule has 5 nitrogen and oxygen atoms in total. The third-order valence-electron chi connectivity index (χ3n) is 4.91. The van der Waals surface area contributed by atoms with Crippen molar-refractivity contribution >= 4 is 49.3 Å². The van der Waals surface area contributed by atoms with Gasteiger partial charge >= 0.3 is 0 Å². The van der Waals surface area contributed by atoms with Gasteiger partial charge in [-0.15, -0.1) is 0 Å². The van der Waals surface area contributed by atoms with E-state index in [1.807, 2.05) is 36.9 Å². The van der Waals surface area contributed by atoms with Gasteiger partial charge in [0.25, 0.3) is 10.0 Å². The number of nitrogens with one attached hydrogen (secondary N) is 1. The number of aryl methyl sites for hydroxylation is 1. The fourth-order valence-electron chi connectivity index (χ4n) is 3.11. The van der Waals surface area contributed by atoms with Crippen molar-refractivity contribution in [2.45, 2.75) is 24.0 Å². The van der Waals surface area contributed by atoms with Crippen molar-refractivity contribution in [3.05, 3.63) is 94.5 Å². The van der Waals surface area contributed by atoms with Gasteiger partial charge in [-0.25, -0.2) is 8.42 Å². The second-order valence-electron chi connectivity index (χ2n) is 7.54. The van der Waals surface area contributed by atoms with Gasteiger partial charge in [0.15, 0.2) is 0 Å². The van der Waals surface area contributed by atoms with Crippen LogP contribution in [-0.4, -0.2) is 33.2 Å². The molecule has 0 aromatic heterocycles. The Bertz CT molecular complexity index is 1140. The number of hydrogen-bond acceptors (Lipinski definition) is 4. The van der Waals surface area contributed by atoms with Gasteiger partial charge in [-0.2, -0.15) is 11.8 Å². The van der Waals surface area contributed by atoms with E-state index in [1.54, 1.807) is 48.5 Å². The first-order chi connectivity index (χ1) is 15.9. The highest BCUT2D eigenvalue weighted by atomic mass is 79.9. The van der Waals surface area contributed by atoms with Gasteiger partial charge in [0.05, 0.1) is 10.6 Å². The molecule has 0 aliphatic heterocycles. The highest BCUT2D eigenvalue weighted by molar-refractivity contribution is 9.10. The van der Waals surface area contributed by atoms with Crippen LogP contribution in [0.3, 0.4) is 0 Å². The largest absolute Gasteiger partial charge is 0.354 e. The van der Waals surface area contributed by atoms with Crippen molar-refractivity contribution in [1.82, 2.24) is 5.32 Å². The number of halogens is 1. The average molecular weight is 548 g/mol. The molecule has 1 N–H and O–H groups in total. The molecule has 0 spiro atoms. The number of nitrogens with zero attached hydrogens (tertiary/aromatic N) is 1. The Morgan fingerprint density at radius 2 is 1.64 bits per heavy atom. The third kappa shape index (κ3) is 7.62. The smallest absolute Gasteiger partial charge is 0.264 e. The van der Waals surface area contributed by atoms with Gasteiger partial charge in [0.2, 0.25) is 5.91 Å². The maximum Gasteiger partial charge on any atom is 0.264 e. The summed E-state index contributed by atoms with van der Waals surface area (Å²) in [6, 6.07) is 23.8. The van der Waals surface area contributed by atoms with Gasteiger partial charge in [0, 0.05) is 16.8 Å². The van der Waals surface area contributed by atoms with E-state index >= 15 is 0 Å². The summed E-state index contributed by atoms with van der Waals surface area (Å²) in [5.74, 6) is 1.51. The summed E-state index contributed by atoms with van der Waals surface area (Å²) in [5.41, 5.74) is 2.68. The Morgan fingerprint density at radius 3 is 2.30 bits per heavy atom. The summed E-state index contributed by atoms with van der Waals surface area (Å²) in [6.07, 6.45) is 0.812. The number of amides is 1. The summed E-state index contributed by atoms with van der Waals surface area (Å²) < 4.78 is 28.7. The molecule has 0 radical (unpaired) electrons. The van der Waals surface area contributed by atoms with Crippen LogP contribution in [0.1, 0.15) is 17.5 Å². The van der Waals surface area contributed by atoms with E-state index in [1.165, 1.54) is 5.56 Å². The van der Waals surface area contributed by atoms with E-state index in [4.69, 9.17) is 0 Å². The second-order valence-corrected chi connectivity index (χ2v) is 11.4. The quantitative estimate of drug-likeness (QED) is 0.327. The lowest BCUT2D eigenvalue weighted by Crippen LogP contribution is -2.41. The van der Waals surface area contributed by atoms with Crippen molar-refractivity contribution < 1.29 is 13.2 Å². The topological polar surface area (TPSA) is 66.5 Å². The first-order valence-corrected chi connectivity index (χ1v) is 14.0. The van der Waals surface area contributed by atoms with Gasteiger partial charge < -0.3 is 5.32 Å². The number of carbonyl (C=O) groups is 1. The molecule has 0 fully saturated rings. The van der Waals surface area contributed by atoms with Crippen molar-refractivity contribution in [3.8, 4) is 0 Å². The molecular formula is C25H27BrN2O3S2. The third-order valence-corrected chi connectivity index (χ3v) is 8.34. The molecule has 0 aliphatic rings. The molecule has 0 saturated heterocycles. The molecule has 0 heterocycles. The van der Waals surface area contributed by atoms with Crippen LogP contribution < -0.4 is 9.62 Å². The van der Waals surface area contributed by atoms with Gasteiger partial charge in [-0.1, -0.05) is 64.0 Å². The standard InChI is InChI=1S/C25H27BrN2O3S2/c1-20-8-14-24(15-9-20)33(30,31)28(23-12-10-22(26)11-13-23)18-25(29)27-16-5-17-32-19-21-6-3-2-4-7-21/h2-4,6-15H,5,16-19H2,1H3,(H,27,29). The minimum absolute atomic E-state index is 0.154. The molecule has 1 amide bonds. The summed E-state index contributed by atoms with van der Waals surface area (Å²) in [4.78, 5) is 12.8. The van der Waals surface area contributed by atoms with Crippen LogP contribution in [0.4, 0.5) is 5.69 Å². The Labute approximate surface area is 208 Å². The lowest BCUT2D eigenvalue weighted by molar-refractivity contribution is -0.119. The maximum atomic E-state index is 13.3. The van der Waals surface area contributed by atoms with Crippen LogP contribution in [0.15, 0.2) is 88.2 Å². The maximum absolute atomic E-state index is 13.3. The van der Waals surface area contributed by atoms with Gasteiger partial charge in [-0.3, -0.25) is 9.10 Å². The number of anilines is 1. The normalized spacial score (nSPS) is 11.2. The fraction of sp³-hybridized carbons (Fsp3) is 0.240. The zero-order valence-electron chi connectivity index (χ0n) is 18.4. The van der Waals surface area contributed by atoms with E-state index in [0.29, 0.717) is 12.2 Å². The summed E-state index contributed by atoms with van der Waals surface area (Å²) in [7, 11) is -3.90. The van der Waals surface area contributed by atoms with Crippen LogP contribution in [0.5, 0.6) is 0 Å². The van der Waals surface area contributed by atoms with Gasteiger partial charge in [-0.05, 0) is 61.1 Å². The Hall–Kier alpha value is -2.29. The molecule has 33 heavy (non-hydrogen) atoms. The second kappa shape index (κ2) is 12.3. The van der Waals surface area contributed by atoms with E-state index in [-0.39, 0.29) is 17.3 Å². The fourth-order valence-corrected chi connectivity index (χ4v) is 5.72. The number of hydrogen-bond donors (Lipinski definition) is 1. The first kappa shape index (κ1) is 25.3. The average Bonchev–Trinajstić information content (AvgIpc) is 2.81. The number of rotatable bonds is 11. The number of benzene rings is 3. The van der Waals surface area contributed by atoms with Crippen LogP contribution in [-0.2, 0) is 20.6 Å². The molecule has 0 bridgehead atoms. The molecule has 0 aliphatic carbocycles. The van der Waals surface area contributed by atoms with Crippen molar-refractivity contribution in [2.24, 2.45) is 0 Å². The molecule has 8 heteroatoms. The predicted molar refractivity (Wildman–Crippen MR) is 140 cm³/mol. The minimum Gasteiger partial charge on any atom is -0.354 e. The molecule has 0 saturated carbocycles. The first-order valence-electron chi connectivity index (χ1n) is 10.6. The SMILES string of the molecule is Cc1ccc(S(=O)(=O)N(CC(=O)NCCCSCc2ccccc2)c2ccc(Br)cc2)cc1. The highest BCUT2D eigenvalue weighted by Crippen LogP contribution is 2.25. The molecule has 3 rings (SSSR count). The zero-order chi connectivity index (χ0) is 23.7. The van der Waals surface area contributed by atoms with Gasteiger partial charge in [0.1, 0.15) is 6.54 Å². The lowest BCUT2D eigenvalue weighted by atomic mass is 10.2. The van der Waals surface area contributed by atoms with Crippen molar-refractivity contribution in [1.29, 1.82) is 0 Å². The van der Waals surface area contributed by atoms with Crippen LogP contribution >= 0.6 is 27.7 Å². The molecule has 0 atom stereocenters. The van der Waals surface area contributed by atoms with Crippen LogP contribution in [0.25, 0.3) is 0 Å². The molecule has 174 valence electrons. The molecular weight excluding hydrogens is 520 g/mol. The minimum atomic E-state index is -3.90. The number of thioether (sulfide) groups is 1. The van der Waals surface area contributed by atoms with E-state index in [9.17, 15) is 13.2 Å². The van der Waals surface area contributed by atoms with Crippen molar-refractivity contribution in [2.75, 3.05) is 23.1 Å². The van der Waals surface area contributed by atoms with E-state index < -0.39 is 10.0 Å².